The summed E-state index contributed by atoms with van der Waals surface area (Å²) in [6, 6.07) is 19.6. The molecule has 3 atom stereocenters. The second-order valence-corrected chi connectivity index (χ2v) is 8.51. The number of rotatable bonds is 4. The summed E-state index contributed by atoms with van der Waals surface area (Å²) in [5.74, 6) is -0.322. The van der Waals surface area contributed by atoms with Gasteiger partial charge in [0.1, 0.15) is 6.54 Å². The molecule has 6 nitrogen and oxygen atoms in total. The standard InChI is InChI=1S/C26H25N3O3/c1-17-5-2-3-7-21(17)18-8-10-19(11-9-18)25-22-14-28(15-24(31)29(22)23(25)16-30)26(32)20-6-4-12-27-13-20/h2-13,22-23,25,30H,14-16H2,1H3/t22-,23+,25?/m1/s1. The van der Waals surface area contributed by atoms with Gasteiger partial charge in [0.25, 0.3) is 5.91 Å². The molecule has 0 radical (unpaired) electrons. The molecule has 2 aliphatic heterocycles. The first kappa shape index (κ1) is 20.4. The van der Waals surface area contributed by atoms with Crippen molar-refractivity contribution in [3.8, 4) is 11.1 Å². The number of benzene rings is 2. The van der Waals surface area contributed by atoms with Gasteiger partial charge in [0, 0.05) is 24.9 Å². The second-order valence-electron chi connectivity index (χ2n) is 8.51. The van der Waals surface area contributed by atoms with E-state index in [1.54, 1.807) is 28.1 Å². The van der Waals surface area contributed by atoms with Crippen LogP contribution in [-0.4, -0.2) is 63.5 Å². The van der Waals surface area contributed by atoms with E-state index in [4.69, 9.17) is 0 Å². The Balaban J connectivity index is 1.40. The highest BCUT2D eigenvalue weighted by Gasteiger charge is 2.54. The maximum Gasteiger partial charge on any atom is 0.255 e. The zero-order valence-corrected chi connectivity index (χ0v) is 17.9. The van der Waals surface area contributed by atoms with Crippen molar-refractivity contribution >= 4 is 11.8 Å². The molecule has 2 amide bonds. The molecule has 162 valence electrons. The Morgan fingerprint density at radius 3 is 2.56 bits per heavy atom. The van der Waals surface area contributed by atoms with E-state index in [9.17, 15) is 14.7 Å². The van der Waals surface area contributed by atoms with Crippen LogP contribution >= 0.6 is 0 Å². The highest BCUT2D eigenvalue weighted by molar-refractivity contribution is 5.97. The van der Waals surface area contributed by atoms with E-state index in [1.165, 1.54) is 17.3 Å². The summed E-state index contributed by atoms with van der Waals surface area (Å²) < 4.78 is 0. The first-order valence-corrected chi connectivity index (χ1v) is 10.9. The minimum absolute atomic E-state index is 0.0145. The average Bonchev–Trinajstić information content (AvgIpc) is 2.81. The molecule has 5 rings (SSSR count). The Hall–Kier alpha value is -3.51. The third-order valence-electron chi connectivity index (χ3n) is 6.70. The summed E-state index contributed by atoms with van der Waals surface area (Å²) in [4.78, 5) is 33.1. The lowest BCUT2D eigenvalue weighted by atomic mass is 9.73. The fourth-order valence-corrected chi connectivity index (χ4v) is 5.11. The number of nitrogens with zero attached hydrogens (tertiary/aromatic N) is 3. The van der Waals surface area contributed by atoms with Gasteiger partial charge in [-0.2, -0.15) is 0 Å². The van der Waals surface area contributed by atoms with Gasteiger partial charge in [0.2, 0.25) is 5.91 Å². The van der Waals surface area contributed by atoms with Crippen LogP contribution in [0.4, 0.5) is 0 Å². The van der Waals surface area contributed by atoms with Gasteiger partial charge in [-0.05, 0) is 41.3 Å². The van der Waals surface area contributed by atoms with Crippen LogP contribution in [0.1, 0.15) is 27.4 Å². The van der Waals surface area contributed by atoms with Crippen molar-refractivity contribution in [2.24, 2.45) is 0 Å². The number of hydrogen-bond acceptors (Lipinski definition) is 4. The second kappa shape index (κ2) is 8.20. The van der Waals surface area contributed by atoms with E-state index >= 15 is 0 Å². The Morgan fingerprint density at radius 1 is 1.09 bits per heavy atom. The number of carbonyl (C=O) groups is 2. The van der Waals surface area contributed by atoms with Crippen LogP contribution in [0, 0.1) is 6.92 Å². The van der Waals surface area contributed by atoms with E-state index in [0.717, 1.165) is 11.1 Å². The lowest BCUT2D eigenvalue weighted by Gasteiger charge is -2.58. The quantitative estimate of drug-likeness (QED) is 0.695. The van der Waals surface area contributed by atoms with E-state index in [1.807, 2.05) is 12.1 Å². The van der Waals surface area contributed by atoms with Gasteiger partial charge in [-0.15, -0.1) is 0 Å². The van der Waals surface area contributed by atoms with Crippen LogP contribution in [0.25, 0.3) is 11.1 Å². The molecule has 2 aromatic carbocycles. The average molecular weight is 428 g/mol. The Kier molecular flexibility index (Phi) is 5.23. The molecule has 32 heavy (non-hydrogen) atoms. The highest BCUT2D eigenvalue weighted by atomic mass is 16.3. The molecule has 6 heteroatoms. The first-order chi connectivity index (χ1) is 15.6. The number of carbonyl (C=O) groups excluding carboxylic acids is 2. The van der Waals surface area contributed by atoms with Crippen LogP contribution in [0.5, 0.6) is 0 Å². The number of amides is 2. The normalized spacial score (nSPS) is 22.3. The van der Waals surface area contributed by atoms with Crippen molar-refractivity contribution in [2.45, 2.75) is 24.9 Å². The molecule has 2 saturated heterocycles. The number of aryl methyl sites for hydroxylation is 1. The van der Waals surface area contributed by atoms with Crippen molar-refractivity contribution in [1.29, 1.82) is 0 Å². The van der Waals surface area contributed by atoms with Gasteiger partial charge in [-0.1, -0.05) is 48.5 Å². The van der Waals surface area contributed by atoms with E-state index in [0.29, 0.717) is 12.1 Å². The Labute approximate surface area is 187 Å². The van der Waals surface area contributed by atoms with Gasteiger partial charge in [0.05, 0.1) is 24.3 Å². The molecule has 1 N–H and O–H groups in total. The SMILES string of the molecule is Cc1ccccc1-c1ccc(C2[C@H]3CN(C(=O)c4cccnc4)CC(=O)N3[C@H]2CO)cc1. The van der Waals surface area contributed by atoms with Crippen LogP contribution < -0.4 is 0 Å². The van der Waals surface area contributed by atoms with Crippen molar-refractivity contribution in [3.63, 3.8) is 0 Å². The summed E-state index contributed by atoms with van der Waals surface area (Å²) in [5, 5.41) is 10.0. The molecule has 0 aliphatic carbocycles. The Morgan fingerprint density at radius 2 is 1.88 bits per heavy atom. The van der Waals surface area contributed by atoms with Crippen LogP contribution in [0.3, 0.4) is 0 Å². The van der Waals surface area contributed by atoms with E-state index in [2.05, 4.69) is 48.3 Å². The zero-order valence-electron chi connectivity index (χ0n) is 17.9. The number of hydrogen-bond donors (Lipinski definition) is 1. The predicted octanol–water partition coefficient (Wildman–Crippen LogP) is 2.87. The fourth-order valence-electron chi connectivity index (χ4n) is 5.11. The van der Waals surface area contributed by atoms with Crippen LogP contribution in [0.2, 0.25) is 0 Å². The summed E-state index contributed by atoms with van der Waals surface area (Å²) >= 11 is 0. The van der Waals surface area contributed by atoms with Crippen molar-refractivity contribution in [1.82, 2.24) is 14.8 Å². The third kappa shape index (κ3) is 3.37. The van der Waals surface area contributed by atoms with Crippen molar-refractivity contribution < 1.29 is 14.7 Å². The first-order valence-electron chi connectivity index (χ1n) is 10.9. The summed E-state index contributed by atoms with van der Waals surface area (Å²) in [5.41, 5.74) is 5.09. The minimum Gasteiger partial charge on any atom is -0.394 e. The number of piperazine rings is 1. The molecule has 2 aliphatic rings. The molecule has 2 fully saturated rings. The number of aromatic nitrogens is 1. The molecular weight excluding hydrogens is 402 g/mol. The van der Waals surface area contributed by atoms with Crippen LogP contribution in [0.15, 0.2) is 73.1 Å². The summed E-state index contributed by atoms with van der Waals surface area (Å²) in [6.45, 7) is 2.47. The lowest BCUT2D eigenvalue weighted by molar-refractivity contribution is -0.159. The fraction of sp³-hybridized carbons (Fsp3) is 0.269. The van der Waals surface area contributed by atoms with Gasteiger partial charge < -0.3 is 14.9 Å². The molecular formula is C26H25N3O3. The third-order valence-corrected chi connectivity index (χ3v) is 6.70. The molecule has 0 bridgehead atoms. The predicted molar refractivity (Wildman–Crippen MR) is 121 cm³/mol. The topological polar surface area (TPSA) is 73.7 Å². The number of pyridine rings is 1. The smallest absolute Gasteiger partial charge is 0.255 e. The number of aliphatic hydroxyl groups is 1. The molecule has 3 heterocycles. The maximum atomic E-state index is 12.9. The summed E-state index contributed by atoms with van der Waals surface area (Å²) in [6.07, 6.45) is 3.15. The van der Waals surface area contributed by atoms with Crippen molar-refractivity contribution in [2.75, 3.05) is 19.7 Å². The molecule has 0 spiro atoms. The lowest BCUT2D eigenvalue weighted by Crippen LogP contribution is -2.73. The summed E-state index contributed by atoms with van der Waals surface area (Å²) in [7, 11) is 0. The molecule has 0 saturated carbocycles. The van der Waals surface area contributed by atoms with Gasteiger partial charge in [0.15, 0.2) is 0 Å². The van der Waals surface area contributed by atoms with E-state index < -0.39 is 0 Å². The van der Waals surface area contributed by atoms with Gasteiger partial charge >= 0.3 is 0 Å². The molecule has 1 aromatic heterocycles. The monoisotopic (exact) mass is 427 g/mol. The largest absolute Gasteiger partial charge is 0.394 e. The molecule has 3 aromatic rings. The molecule has 1 unspecified atom stereocenters. The number of aliphatic hydroxyl groups excluding tert-OH is 1. The van der Waals surface area contributed by atoms with E-state index in [-0.39, 0.29) is 43.0 Å². The highest BCUT2D eigenvalue weighted by Crippen LogP contribution is 2.43. The minimum atomic E-state index is -0.257. The Bertz CT molecular complexity index is 1150. The van der Waals surface area contributed by atoms with Crippen LogP contribution in [-0.2, 0) is 4.79 Å². The number of fused-ring (bicyclic) bond motifs is 1. The zero-order chi connectivity index (χ0) is 22.2. The van der Waals surface area contributed by atoms with Gasteiger partial charge in [-0.25, -0.2) is 0 Å². The van der Waals surface area contributed by atoms with Gasteiger partial charge in [-0.3, -0.25) is 14.6 Å². The maximum absolute atomic E-state index is 12.9. The van der Waals surface area contributed by atoms with Crippen molar-refractivity contribution in [3.05, 3.63) is 89.7 Å².